The van der Waals surface area contributed by atoms with E-state index in [9.17, 15) is 9.18 Å². The van der Waals surface area contributed by atoms with Crippen LogP contribution >= 0.6 is 23.4 Å². The summed E-state index contributed by atoms with van der Waals surface area (Å²) in [7, 11) is 0. The Hall–Kier alpha value is -2.19. The first-order valence-electron chi connectivity index (χ1n) is 6.94. The highest BCUT2D eigenvalue weighted by Gasteiger charge is 2.08. The van der Waals surface area contributed by atoms with E-state index >= 15 is 0 Å². The molecule has 0 bridgehead atoms. The van der Waals surface area contributed by atoms with Crippen LogP contribution in [0.25, 0.3) is 0 Å². The van der Waals surface area contributed by atoms with Crippen LogP contribution in [0.15, 0.2) is 40.6 Å². The van der Waals surface area contributed by atoms with E-state index in [4.69, 9.17) is 16.3 Å². The molecule has 0 aliphatic heterocycles. The summed E-state index contributed by atoms with van der Waals surface area (Å²) in [5.41, 5.74) is 3.44. The van der Waals surface area contributed by atoms with Gasteiger partial charge in [-0.15, -0.1) is 0 Å². The van der Waals surface area contributed by atoms with Crippen LogP contribution < -0.4 is 5.43 Å². The number of hydrogen-bond donors (Lipinski definition) is 1. The van der Waals surface area contributed by atoms with Gasteiger partial charge >= 0.3 is 5.97 Å². The van der Waals surface area contributed by atoms with Crippen LogP contribution in [-0.4, -0.2) is 34.5 Å². The molecule has 0 spiro atoms. The van der Waals surface area contributed by atoms with Gasteiger partial charge < -0.3 is 4.74 Å². The summed E-state index contributed by atoms with van der Waals surface area (Å²) in [6.45, 7) is 2.06. The van der Waals surface area contributed by atoms with Gasteiger partial charge in [-0.25, -0.2) is 14.4 Å². The maximum atomic E-state index is 12.8. The Kier molecular flexibility index (Phi) is 6.95. The maximum absolute atomic E-state index is 12.8. The minimum absolute atomic E-state index is 0.0898. The second kappa shape index (κ2) is 9.19. The smallest absolute Gasteiger partial charge is 0.316 e. The molecule has 0 fully saturated rings. The minimum atomic E-state index is -0.352. The summed E-state index contributed by atoms with van der Waals surface area (Å²) < 4.78 is 17.6. The number of rotatable bonds is 7. The number of aromatic nitrogens is 2. The Morgan fingerprint density at radius 2 is 2.17 bits per heavy atom. The van der Waals surface area contributed by atoms with E-state index < -0.39 is 0 Å². The number of ether oxygens (including phenoxy) is 1. The third-order valence-corrected chi connectivity index (χ3v) is 3.58. The van der Waals surface area contributed by atoms with E-state index in [0.717, 1.165) is 17.3 Å². The lowest BCUT2D eigenvalue weighted by molar-refractivity contribution is -0.139. The van der Waals surface area contributed by atoms with Crippen molar-refractivity contribution in [3.63, 3.8) is 0 Å². The van der Waals surface area contributed by atoms with Gasteiger partial charge in [-0.3, -0.25) is 10.2 Å². The van der Waals surface area contributed by atoms with Crippen LogP contribution in [-0.2, 0) is 9.53 Å². The monoisotopic (exact) mass is 368 g/mol. The molecule has 1 heterocycles. The molecule has 0 aliphatic rings. The Morgan fingerprint density at radius 3 is 2.88 bits per heavy atom. The largest absolute Gasteiger partial charge is 0.465 e. The zero-order chi connectivity index (χ0) is 17.4. The van der Waals surface area contributed by atoms with E-state index in [-0.39, 0.29) is 22.7 Å². The second-order valence-corrected chi connectivity index (χ2v) is 5.70. The number of benzene rings is 1. The first kappa shape index (κ1) is 18.2. The number of carbonyl (C=O) groups excluding carboxylic acids is 1. The molecule has 1 aromatic carbocycles. The molecule has 1 N–H and O–H groups in total. The van der Waals surface area contributed by atoms with Gasteiger partial charge in [0.25, 0.3) is 0 Å². The molecular weight excluding hydrogens is 355 g/mol. The lowest BCUT2D eigenvalue weighted by atomic mass is 10.2. The van der Waals surface area contributed by atoms with Gasteiger partial charge in [-0.05, 0) is 24.6 Å². The van der Waals surface area contributed by atoms with Crippen molar-refractivity contribution in [2.24, 2.45) is 5.10 Å². The third kappa shape index (κ3) is 6.13. The fourth-order valence-electron chi connectivity index (χ4n) is 1.57. The van der Waals surface area contributed by atoms with E-state index in [0.29, 0.717) is 17.6 Å². The molecule has 2 rings (SSSR count). The van der Waals surface area contributed by atoms with Gasteiger partial charge in [0, 0.05) is 6.07 Å². The van der Waals surface area contributed by atoms with E-state index in [2.05, 4.69) is 20.5 Å². The van der Waals surface area contributed by atoms with Crippen molar-refractivity contribution < 1.29 is 13.9 Å². The van der Waals surface area contributed by atoms with Crippen molar-refractivity contribution in [3.05, 3.63) is 46.9 Å². The van der Waals surface area contributed by atoms with Crippen molar-refractivity contribution >= 4 is 41.4 Å². The SMILES string of the molecule is CCOC(=O)CSc1nc(Cl)cc(N/N=C/c2ccc(F)cc2)n1. The van der Waals surface area contributed by atoms with Crippen LogP contribution in [0.3, 0.4) is 0 Å². The molecular formula is C15H14ClFN4O2S. The molecule has 24 heavy (non-hydrogen) atoms. The van der Waals surface area contributed by atoms with E-state index in [1.807, 2.05) is 0 Å². The quantitative estimate of drug-likeness (QED) is 0.202. The van der Waals surface area contributed by atoms with Crippen LogP contribution in [0.4, 0.5) is 10.2 Å². The molecule has 0 saturated heterocycles. The van der Waals surface area contributed by atoms with Gasteiger partial charge in [-0.2, -0.15) is 5.10 Å². The Labute approximate surface area is 147 Å². The average molecular weight is 369 g/mol. The average Bonchev–Trinajstić information content (AvgIpc) is 2.55. The normalized spacial score (nSPS) is 10.8. The van der Waals surface area contributed by atoms with Gasteiger partial charge in [0.05, 0.1) is 18.6 Å². The second-order valence-electron chi connectivity index (χ2n) is 4.37. The van der Waals surface area contributed by atoms with Gasteiger partial charge in [0.1, 0.15) is 11.0 Å². The number of halogens is 2. The number of nitrogens with zero attached hydrogens (tertiary/aromatic N) is 3. The van der Waals surface area contributed by atoms with Gasteiger partial charge in [0.15, 0.2) is 11.0 Å². The van der Waals surface area contributed by atoms with Crippen molar-refractivity contribution in [1.29, 1.82) is 0 Å². The van der Waals surface area contributed by atoms with E-state index in [1.54, 1.807) is 19.1 Å². The summed E-state index contributed by atoms with van der Waals surface area (Å²) in [5, 5.41) is 4.55. The number of anilines is 1. The first-order chi connectivity index (χ1) is 11.6. The topological polar surface area (TPSA) is 76.5 Å². The summed E-state index contributed by atoms with van der Waals surface area (Å²) in [4.78, 5) is 19.5. The highest BCUT2D eigenvalue weighted by atomic mass is 35.5. The number of esters is 1. The zero-order valence-corrected chi connectivity index (χ0v) is 14.3. The number of hydrogen-bond acceptors (Lipinski definition) is 7. The van der Waals surface area contributed by atoms with Crippen molar-refractivity contribution in [2.75, 3.05) is 17.8 Å². The van der Waals surface area contributed by atoms with Crippen LogP contribution in [0.5, 0.6) is 0 Å². The lowest BCUT2D eigenvalue weighted by Gasteiger charge is -2.04. The molecule has 0 unspecified atom stereocenters. The number of carbonyl (C=O) groups is 1. The predicted octanol–water partition coefficient (Wildman–Crippen LogP) is 3.37. The predicted molar refractivity (Wildman–Crippen MR) is 92.0 cm³/mol. The molecule has 6 nitrogen and oxygen atoms in total. The van der Waals surface area contributed by atoms with Gasteiger partial charge in [0.2, 0.25) is 0 Å². The van der Waals surface area contributed by atoms with Crippen molar-refractivity contribution in [1.82, 2.24) is 9.97 Å². The van der Waals surface area contributed by atoms with Crippen LogP contribution in [0.2, 0.25) is 5.15 Å². The van der Waals surface area contributed by atoms with Gasteiger partial charge in [-0.1, -0.05) is 35.5 Å². The Balaban J connectivity index is 1.97. The molecule has 126 valence electrons. The maximum Gasteiger partial charge on any atom is 0.316 e. The van der Waals surface area contributed by atoms with Crippen LogP contribution in [0.1, 0.15) is 12.5 Å². The molecule has 0 amide bonds. The fraction of sp³-hybridized carbons (Fsp3) is 0.200. The first-order valence-corrected chi connectivity index (χ1v) is 8.31. The van der Waals surface area contributed by atoms with E-state index in [1.165, 1.54) is 24.4 Å². The molecule has 0 radical (unpaired) electrons. The summed E-state index contributed by atoms with van der Waals surface area (Å²) >= 11 is 7.04. The van der Waals surface area contributed by atoms with Crippen molar-refractivity contribution in [3.8, 4) is 0 Å². The number of nitrogens with one attached hydrogen (secondary N) is 1. The summed E-state index contributed by atoms with van der Waals surface area (Å²) in [6.07, 6.45) is 1.51. The minimum Gasteiger partial charge on any atom is -0.465 e. The van der Waals surface area contributed by atoms with Crippen molar-refractivity contribution in [2.45, 2.75) is 12.1 Å². The third-order valence-electron chi connectivity index (χ3n) is 2.56. The fourth-order valence-corrected chi connectivity index (χ4v) is 2.46. The summed E-state index contributed by atoms with van der Waals surface area (Å²) in [5.74, 6) is -0.201. The number of hydrazone groups is 1. The lowest BCUT2D eigenvalue weighted by Crippen LogP contribution is -2.07. The molecule has 0 saturated carbocycles. The molecule has 0 aliphatic carbocycles. The molecule has 1 aromatic heterocycles. The Morgan fingerprint density at radius 1 is 1.42 bits per heavy atom. The standard InChI is InChI=1S/C15H14ClFN4O2S/c1-2-23-14(22)9-24-15-19-12(16)7-13(20-15)21-18-8-10-3-5-11(17)6-4-10/h3-8H,2,9H2,1H3,(H,19,20,21)/b18-8+. The highest BCUT2D eigenvalue weighted by molar-refractivity contribution is 7.99. The number of thioether (sulfide) groups is 1. The molecule has 0 atom stereocenters. The zero-order valence-electron chi connectivity index (χ0n) is 12.7. The van der Waals surface area contributed by atoms with Crippen LogP contribution in [0, 0.1) is 5.82 Å². The molecule has 9 heteroatoms. The highest BCUT2D eigenvalue weighted by Crippen LogP contribution is 2.19. The Bertz CT molecular complexity index is 728. The molecule has 2 aromatic rings. The summed E-state index contributed by atoms with van der Waals surface area (Å²) in [6, 6.07) is 7.36.